The fourth-order valence-corrected chi connectivity index (χ4v) is 4.47. The van der Waals surface area contributed by atoms with Gasteiger partial charge in [0.25, 0.3) is 5.91 Å². The molecule has 2 aliphatic rings. The molecule has 3 aromatic rings. The lowest BCUT2D eigenvalue weighted by Crippen LogP contribution is -2.44. The zero-order chi connectivity index (χ0) is 18.4. The summed E-state index contributed by atoms with van der Waals surface area (Å²) in [6, 6.07) is 8.07. The highest BCUT2D eigenvalue weighted by atomic mass is 16.3. The number of likely N-dealkylation sites (tertiary alicyclic amines) is 1. The van der Waals surface area contributed by atoms with E-state index in [2.05, 4.69) is 14.5 Å². The molecule has 1 aromatic carbocycles. The van der Waals surface area contributed by atoms with Gasteiger partial charge in [0.05, 0.1) is 24.6 Å². The summed E-state index contributed by atoms with van der Waals surface area (Å²) in [6.45, 7) is 6.50. The Balaban J connectivity index is 1.44. The Bertz CT molecular complexity index is 983. The van der Waals surface area contributed by atoms with Crippen LogP contribution in [0.4, 0.5) is 0 Å². The number of para-hydroxylation sites is 1. The minimum Gasteiger partial charge on any atom is -0.451 e. The van der Waals surface area contributed by atoms with Crippen LogP contribution in [0.15, 0.2) is 41.2 Å². The van der Waals surface area contributed by atoms with E-state index in [1.165, 1.54) is 12.8 Å². The van der Waals surface area contributed by atoms with Gasteiger partial charge in [-0.25, -0.2) is 4.98 Å². The van der Waals surface area contributed by atoms with Crippen LogP contribution < -0.4 is 0 Å². The predicted molar refractivity (Wildman–Crippen MR) is 103 cm³/mol. The van der Waals surface area contributed by atoms with Crippen LogP contribution in [0.5, 0.6) is 0 Å². The summed E-state index contributed by atoms with van der Waals surface area (Å²) < 4.78 is 8.17. The summed E-state index contributed by atoms with van der Waals surface area (Å²) in [5.41, 5.74) is 2.78. The smallest absolute Gasteiger partial charge is 0.290 e. The van der Waals surface area contributed by atoms with E-state index in [9.17, 15) is 4.79 Å². The van der Waals surface area contributed by atoms with Gasteiger partial charge in [0, 0.05) is 30.2 Å². The molecule has 2 aromatic heterocycles. The van der Waals surface area contributed by atoms with E-state index in [0.29, 0.717) is 18.8 Å². The maximum absolute atomic E-state index is 13.3. The molecule has 0 aliphatic carbocycles. The Morgan fingerprint density at radius 2 is 2.07 bits per heavy atom. The molecule has 0 radical (unpaired) electrons. The molecule has 1 saturated heterocycles. The van der Waals surface area contributed by atoms with Crippen LogP contribution in [0.3, 0.4) is 0 Å². The number of carbonyl (C=O) groups is 1. The van der Waals surface area contributed by atoms with Crippen LogP contribution in [0, 0.1) is 6.92 Å². The van der Waals surface area contributed by atoms with E-state index < -0.39 is 0 Å². The van der Waals surface area contributed by atoms with Crippen molar-refractivity contribution >= 4 is 16.9 Å². The van der Waals surface area contributed by atoms with Crippen molar-refractivity contribution in [1.82, 2.24) is 19.4 Å². The van der Waals surface area contributed by atoms with Crippen molar-refractivity contribution in [2.75, 3.05) is 26.2 Å². The molecule has 1 atom stereocenters. The van der Waals surface area contributed by atoms with Crippen molar-refractivity contribution in [1.29, 1.82) is 0 Å². The van der Waals surface area contributed by atoms with E-state index >= 15 is 0 Å². The maximum Gasteiger partial charge on any atom is 0.290 e. The summed E-state index contributed by atoms with van der Waals surface area (Å²) in [4.78, 5) is 22.0. The largest absolute Gasteiger partial charge is 0.451 e. The van der Waals surface area contributed by atoms with Crippen molar-refractivity contribution in [3.8, 4) is 0 Å². The van der Waals surface area contributed by atoms with E-state index in [1.54, 1.807) is 0 Å². The van der Waals surface area contributed by atoms with Crippen molar-refractivity contribution in [3.63, 3.8) is 0 Å². The highest BCUT2D eigenvalue weighted by Crippen LogP contribution is 2.29. The minimum atomic E-state index is -0.0254. The molecule has 4 heterocycles. The first-order valence-corrected chi connectivity index (χ1v) is 9.71. The van der Waals surface area contributed by atoms with E-state index in [4.69, 9.17) is 4.42 Å². The predicted octanol–water partition coefficient (Wildman–Crippen LogP) is 3.23. The molecule has 0 bridgehead atoms. The third-order valence-electron chi connectivity index (χ3n) is 5.92. The molecule has 1 amide bonds. The van der Waals surface area contributed by atoms with Gasteiger partial charge in [0.2, 0.25) is 0 Å². The zero-order valence-corrected chi connectivity index (χ0v) is 15.6. The molecule has 0 spiro atoms. The third kappa shape index (κ3) is 2.84. The highest BCUT2D eigenvalue weighted by molar-refractivity contribution is 5.98. The number of benzene rings is 1. The Morgan fingerprint density at radius 3 is 2.89 bits per heavy atom. The van der Waals surface area contributed by atoms with Gasteiger partial charge in [-0.3, -0.25) is 4.79 Å². The van der Waals surface area contributed by atoms with Gasteiger partial charge in [-0.15, -0.1) is 0 Å². The standard InChI is InChI=1S/C21H24N4O2/c1-15-18-6-2-3-7-19(18)27-20(15)21(26)24-12-16-10-22-14-25(16)17(13-24)11-23-8-4-5-9-23/h2-3,6-7,10,14,17H,4-5,8-9,11-13H2,1H3. The SMILES string of the molecule is Cc1c(C(=O)N2Cc3cncn3C(CN3CCCC3)C2)oc2ccccc12. The lowest BCUT2D eigenvalue weighted by atomic mass is 10.1. The number of furan rings is 1. The minimum absolute atomic E-state index is 0.0254. The van der Waals surface area contributed by atoms with Crippen LogP contribution in [-0.2, 0) is 6.54 Å². The van der Waals surface area contributed by atoms with Gasteiger partial charge in [0.15, 0.2) is 5.76 Å². The first-order chi connectivity index (χ1) is 13.2. The summed E-state index contributed by atoms with van der Waals surface area (Å²) in [5.74, 6) is 0.437. The van der Waals surface area contributed by atoms with Crippen LogP contribution in [0.25, 0.3) is 11.0 Å². The second-order valence-electron chi connectivity index (χ2n) is 7.69. The number of hydrogen-bond acceptors (Lipinski definition) is 4. The van der Waals surface area contributed by atoms with Gasteiger partial charge < -0.3 is 18.8 Å². The van der Waals surface area contributed by atoms with Gasteiger partial charge >= 0.3 is 0 Å². The Kier molecular flexibility index (Phi) is 4.01. The normalized spacial score (nSPS) is 20.3. The second kappa shape index (κ2) is 6.53. The fraction of sp³-hybridized carbons (Fsp3) is 0.429. The average Bonchev–Trinajstić information content (AvgIpc) is 3.42. The Labute approximate surface area is 158 Å². The molecular weight excluding hydrogens is 340 g/mol. The summed E-state index contributed by atoms with van der Waals surface area (Å²) in [5, 5.41) is 1.01. The molecule has 1 unspecified atom stereocenters. The van der Waals surface area contributed by atoms with Crippen molar-refractivity contribution in [2.24, 2.45) is 0 Å². The van der Waals surface area contributed by atoms with Gasteiger partial charge in [0.1, 0.15) is 5.58 Å². The number of carbonyl (C=O) groups excluding carboxylic acids is 1. The average molecular weight is 364 g/mol. The van der Waals surface area contributed by atoms with Crippen LogP contribution >= 0.6 is 0 Å². The molecule has 6 nitrogen and oxygen atoms in total. The van der Waals surface area contributed by atoms with Gasteiger partial charge in [-0.05, 0) is 38.9 Å². The fourth-order valence-electron chi connectivity index (χ4n) is 4.47. The first-order valence-electron chi connectivity index (χ1n) is 9.71. The zero-order valence-electron chi connectivity index (χ0n) is 15.6. The third-order valence-corrected chi connectivity index (χ3v) is 5.92. The molecule has 2 aliphatic heterocycles. The van der Waals surface area contributed by atoms with E-state index in [1.807, 2.05) is 48.6 Å². The number of aryl methyl sites for hydroxylation is 1. The lowest BCUT2D eigenvalue weighted by molar-refractivity contribution is 0.0628. The number of aromatic nitrogens is 2. The summed E-state index contributed by atoms with van der Waals surface area (Å²) >= 11 is 0. The molecule has 5 rings (SSSR count). The number of rotatable bonds is 3. The summed E-state index contributed by atoms with van der Waals surface area (Å²) in [7, 11) is 0. The number of amides is 1. The molecule has 6 heteroatoms. The van der Waals surface area contributed by atoms with Crippen LogP contribution in [0.1, 0.15) is 40.7 Å². The topological polar surface area (TPSA) is 54.5 Å². The number of nitrogens with zero attached hydrogens (tertiary/aromatic N) is 4. The quantitative estimate of drug-likeness (QED) is 0.716. The summed E-state index contributed by atoms with van der Waals surface area (Å²) in [6.07, 6.45) is 6.32. The molecule has 27 heavy (non-hydrogen) atoms. The number of imidazole rings is 1. The van der Waals surface area contributed by atoms with Crippen LogP contribution in [0.2, 0.25) is 0 Å². The Hall–Kier alpha value is -2.60. The lowest BCUT2D eigenvalue weighted by Gasteiger charge is -2.36. The van der Waals surface area contributed by atoms with Gasteiger partial charge in [-0.2, -0.15) is 0 Å². The van der Waals surface area contributed by atoms with E-state index in [-0.39, 0.29) is 11.9 Å². The molecule has 140 valence electrons. The molecule has 0 N–H and O–H groups in total. The van der Waals surface area contributed by atoms with E-state index in [0.717, 1.165) is 41.9 Å². The number of hydrogen-bond donors (Lipinski definition) is 0. The maximum atomic E-state index is 13.3. The second-order valence-corrected chi connectivity index (χ2v) is 7.69. The van der Waals surface area contributed by atoms with Crippen LogP contribution in [-0.4, -0.2) is 51.4 Å². The van der Waals surface area contributed by atoms with Gasteiger partial charge in [-0.1, -0.05) is 18.2 Å². The molecule has 0 saturated carbocycles. The number of fused-ring (bicyclic) bond motifs is 2. The molecule has 1 fully saturated rings. The van der Waals surface area contributed by atoms with Crippen molar-refractivity contribution in [2.45, 2.75) is 32.4 Å². The monoisotopic (exact) mass is 364 g/mol. The Morgan fingerprint density at radius 1 is 1.26 bits per heavy atom. The first kappa shape index (κ1) is 16.6. The van der Waals surface area contributed by atoms with Crippen molar-refractivity contribution in [3.05, 3.63) is 53.8 Å². The highest BCUT2D eigenvalue weighted by Gasteiger charge is 2.32. The molecular formula is C21H24N4O2. The van der Waals surface area contributed by atoms with Crippen molar-refractivity contribution < 1.29 is 9.21 Å².